The first-order valence-corrected chi connectivity index (χ1v) is 16.8. The average molecular weight is 683 g/mol. The molecule has 0 unspecified atom stereocenters. The van der Waals surface area contributed by atoms with Gasteiger partial charge in [-0.1, -0.05) is 13.8 Å². The van der Waals surface area contributed by atoms with Crippen LogP contribution in [0.15, 0.2) is 18.5 Å². The average Bonchev–Trinajstić information content (AvgIpc) is 3.49. The van der Waals surface area contributed by atoms with E-state index in [1.165, 1.54) is 37.4 Å². The lowest BCUT2D eigenvalue weighted by molar-refractivity contribution is -0.168. The maximum atomic E-state index is 12.9. The summed E-state index contributed by atoms with van der Waals surface area (Å²) in [7, 11) is -4.14. The second kappa shape index (κ2) is 14.7. The maximum Gasteiger partial charge on any atom is 0.430 e. The van der Waals surface area contributed by atoms with Gasteiger partial charge < -0.3 is 29.8 Å². The molecule has 0 aliphatic carbocycles. The van der Waals surface area contributed by atoms with Crippen LogP contribution >= 0.6 is 8.02 Å². The molecule has 0 spiro atoms. The van der Waals surface area contributed by atoms with E-state index in [2.05, 4.69) is 20.3 Å². The lowest BCUT2D eigenvalue weighted by Gasteiger charge is -2.34. The van der Waals surface area contributed by atoms with Gasteiger partial charge in [0.1, 0.15) is 48.3 Å². The van der Waals surface area contributed by atoms with Crippen molar-refractivity contribution in [3.05, 3.63) is 24.2 Å². The number of aliphatic hydroxyl groups is 1. The lowest BCUT2D eigenvalue weighted by atomic mass is 9.80. The van der Waals surface area contributed by atoms with Gasteiger partial charge in [-0.3, -0.25) is 14.4 Å². The van der Waals surface area contributed by atoms with Gasteiger partial charge in [0, 0.05) is 0 Å². The molecule has 1 fully saturated rings. The third-order valence-corrected chi connectivity index (χ3v) is 9.22. The monoisotopic (exact) mass is 682 g/mol. The number of carbonyl (C=O) groups excluding carboxylic acids is 3. The van der Waals surface area contributed by atoms with Gasteiger partial charge in [-0.05, 0) is 60.6 Å². The van der Waals surface area contributed by atoms with E-state index >= 15 is 0 Å². The van der Waals surface area contributed by atoms with Crippen molar-refractivity contribution in [1.82, 2.24) is 24.8 Å². The Morgan fingerprint density at radius 2 is 1.62 bits per heavy atom. The van der Waals surface area contributed by atoms with Crippen LogP contribution in [0.25, 0.3) is 5.52 Å². The largest absolute Gasteiger partial charge is 0.462 e. The fourth-order valence-electron chi connectivity index (χ4n) is 4.87. The Balaban J connectivity index is 2.04. The number of hydrogen-bond donors (Lipinski definition) is 5. The van der Waals surface area contributed by atoms with Crippen molar-refractivity contribution in [2.24, 2.45) is 5.92 Å². The summed E-state index contributed by atoms with van der Waals surface area (Å²) in [6.45, 7) is 13.3. The SMILES string of the molecule is CC(C)OC(=O)[C@@H](C)N[P+](O)(N[C@H](C)C(=O)OC(C)C)OC[C@H]1O[C@@](C#N)(c2ccc3c(N)ncnn23)[C@](C)(O)[C@@H]1OC(=O)C(C)C. The summed E-state index contributed by atoms with van der Waals surface area (Å²) in [4.78, 5) is 53.8. The van der Waals surface area contributed by atoms with Gasteiger partial charge in [0.05, 0.1) is 23.8 Å². The zero-order valence-electron chi connectivity index (χ0n) is 28.0. The molecular weight excluding hydrogens is 637 g/mol. The number of nitriles is 1. The summed E-state index contributed by atoms with van der Waals surface area (Å²) in [5.74, 6) is -2.66. The predicted molar refractivity (Wildman–Crippen MR) is 168 cm³/mol. The van der Waals surface area contributed by atoms with Gasteiger partial charge in [-0.15, -0.1) is 10.2 Å². The van der Waals surface area contributed by atoms with Crippen molar-refractivity contribution < 1.29 is 47.9 Å². The summed E-state index contributed by atoms with van der Waals surface area (Å²) < 4.78 is 29.6. The van der Waals surface area contributed by atoms with E-state index in [9.17, 15) is 29.6 Å². The molecule has 260 valence electrons. The molecule has 0 aromatic carbocycles. The van der Waals surface area contributed by atoms with Gasteiger partial charge in [-0.2, -0.15) is 19.8 Å². The molecule has 47 heavy (non-hydrogen) atoms. The van der Waals surface area contributed by atoms with Gasteiger partial charge >= 0.3 is 25.9 Å². The second-order valence-electron chi connectivity index (χ2n) is 12.3. The molecule has 0 radical (unpaired) electrons. The zero-order chi connectivity index (χ0) is 35.5. The maximum absolute atomic E-state index is 12.9. The van der Waals surface area contributed by atoms with E-state index in [0.29, 0.717) is 5.52 Å². The number of nitrogens with one attached hydrogen (secondary N) is 2. The number of anilines is 1. The topological polar surface area (TPSA) is 242 Å². The van der Waals surface area contributed by atoms with Crippen LogP contribution < -0.4 is 15.9 Å². The first-order valence-electron chi connectivity index (χ1n) is 15.1. The van der Waals surface area contributed by atoms with Crippen molar-refractivity contribution in [3.8, 4) is 6.07 Å². The summed E-state index contributed by atoms with van der Waals surface area (Å²) in [5, 5.41) is 32.1. The molecule has 0 saturated carbocycles. The Morgan fingerprint density at radius 3 is 2.11 bits per heavy atom. The number of hydrogen-bond acceptors (Lipinski definition) is 16. The molecule has 0 bridgehead atoms. The summed E-state index contributed by atoms with van der Waals surface area (Å²) in [6, 6.07) is 2.77. The smallest absolute Gasteiger partial charge is 0.430 e. The van der Waals surface area contributed by atoms with Crippen molar-refractivity contribution in [2.45, 2.75) is 110 Å². The highest BCUT2D eigenvalue weighted by molar-refractivity contribution is 7.61. The minimum atomic E-state index is -4.14. The summed E-state index contributed by atoms with van der Waals surface area (Å²) in [6.07, 6.45) is -2.66. The van der Waals surface area contributed by atoms with E-state index < -0.39 is 86.2 Å². The standard InChI is InChI=1S/C29H45N7O10P/c1-15(2)25(37)45-23-21(46-29(13-30,28(23,9)40)22-11-10-20-24(31)32-14-33-36(20)22)12-42-47(41,34-18(7)26(38)43-16(3)4)35-19(8)27(39)44-17(5)6/h10-11,14-19,21,23,34-35,40-41H,12H2,1-9H3,(H2,31,32,33)/q+1/t18-,19-,21-,23-,28-,29+/m1/s1. The normalized spacial score (nSPS) is 24.4. The number of esters is 3. The van der Waals surface area contributed by atoms with Crippen molar-refractivity contribution in [1.29, 1.82) is 5.26 Å². The molecule has 3 rings (SSSR count). The Labute approximate surface area is 273 Å². The Morgan fingerprint density at radius 1 is 1.06 bits per heavy atom. The van der Waals surface area contributed by atoms with Crippen molar-refractivity contribution in [2.75, 3.05) is 12.3 Å². The van der Waals surface area contributed by atoms with Crippen molar-refractivity contribution in [3.63, 3.8) is 0 Å². The van der Waals surface area contributed by atoms with E-state index in [4.69, 9.17) is 29.2 Å². The number of aromatic nitrogens is 3. The number of nitrogen functional groups attached to an aromatic ring is 1. The molecular formula is C29H45N7O10P+. The number of ether oxygens (including phenoxy) is 4. The minimum absolute atomic E-state index is 0.0543. The van der Waals surface area contributed by atoms with Crippen LogP contribution in [0.3, 0.4) is 0 Å². The summed E-state index contributed by atoms with van der Waals surface area (Å²) >= 11 is 0. The Hall–Kier alpha value is -3.49. The first kappa shape index (κ1) is 38.0. The Kier molecular flexibility index (Phi) is 11.9. The number of nitrogens with zero attached hydrogens (tertiary/aromatic N) is 4. The summed E-state index contributed by atoms with van der Waals surface area (Å²) in [5.41, 5.74) is 1.93. The Bertz CT molecular complexity index is 1460. The highest BCUT2D eigenvalue weighted by Gasteiger charge is 2.68. The highest BCUT2D eigenvalue weighted by Crippen LogP contribution is 2.52. The number of nitrogens with two attached hydrogens (primary N) is 1. The van der Waals surface area contributed by atoms with Crippen LogP contribution in [0.4, 0.5) is 5.82 Å². The highest BCUT2D eigenvalue weighted by atomic mass is 31.2. The molecule has 17 nitrogen and oxygen atoms in total. The van der Waals surface area contributed by atoms with E-state index in [0.717, 1.165) is 6.33 Å². The van der Waals surface area contributed by atoms with Crippen LogP contribution in [-0.4, -0.2) is 91.2 Å². The van der Waals surface area contributed by atoms with Crippen LogP contribution in [0.1, 0.15) is 68.0 Å². The fraction of sp³-hybridized carbons (Fsp3) is 0.655. The van der Waals surface area contributed by atoms with Gasteiger partial charge in [-0.25, -0.2) is 9.50 Å². The molecule has 0 amide bonds. The molecule has 1 aliphatic heterocycles. The zero-order valence-corrected chi connectivity index (χ0v) is 28.8. The lowest BCUT2D eigenvalue weighted by Crippen LogP contribution is -2.54. The van der Waals surface area contributed by atoms with Gasteiger partial charge in [0.2, 0.25) is 5.60 Å². The number of fused-ring (bicyclic) bond motifs is 1. The molecule has 6 N–H and O–H groups in total. The third-order valence-electron chi connectivity index (χ3n) is 7.22. The third kappa shape index (κ3) is 8.15. The minimum Gasteiger partial charge on any atom is -0.462 e. The second-order valence-corrected chi connectivity index (χ2v) is 14.2. The molecule has 18 heteroatoms. The molecule has 6 atom stereocenters. The van der Waals surface area contributed by atoms with Crippen LogP contribution in [0.5, 0.6) is 0 Å². The first-order chi connectivity index (χ1) is 21.8. The van der Waals surface area contributed by atoms with Crippen molar-refractivity contribution >= 4 is 37.3 Å². The number of carbonyl (C=O) groups is 3. The molecule has 2 aromatic heterocycles. The van der Waals surface area contributed by atoms with Crippen LogP contribution in [0.2, 0.25) is 0 Å². The van der Waals surface area contributed by atoms with Gasteiger partial charge in [0.25, 0.3) is 0 Å². The molecule has 3 heterocycles. The quantitative estimate of drug-likeness (QED) is 0.107. The van der Waals surface area contributed by atoms with Crippen LogP contribution in [0, 0.1) is 17.2 Å². The molecule has 2 aromatic rings. The molecule has 1 aliphatic rings. The predicted octanol–water partition coefficient (Wildman–Crippen LogP) is 1.29. The van der Waals surface area contributed by atoms with E-state index in [-0.39, 0.29) is 11.5 Å². The number of rotatable bonds is 14. The molecule has 1 saturated heterocycles. The van der Waals surface area contributed by atoms with E-state index in [1.807, 2.05) is 6.07 Å². The fourth-order valence-corrected chi connectivity index (χ4v) is 6.72. The van der Waals surface area contributed by atoms with Crippen LogP contribution in [-0.2, 0) is 43.5 Å². The van der Waals surface area contributed by atoms with E-state index in [1.54, 1.807) is 41.5 Å². The van der Waals surface area contributed by atoms with Gasteiger partial charge in [0.15, 0.2) is 11.9 Å².